The summed E-state index contributed by atoms with van der Waals surface area (Å²) in [7, 11) is 3.38. The number of carbonyl (C=O) groups excluding carboxylic acids is 1. The summed E-state index contributed by atoms with van der Waals surface area (Å²) in [5, 5.41) is 9.36. The van der Waals surface area contributed by atoms with E-state index < -0.39 is 0 Å². The molecule has 4 rings (SSSR count). The third-order valence-corrected chi connectivity index (χ3v) is 5.86. The van der Waals surface area contributed by atoms with Gasteiger partial charge in [-0.05, 0) is 53.3 Å². The van der Waals surface area contributed by atoms with Crippen molar-refractivity contribution in [1.29, 1.82) is 0 Å². The molecule has 27 heavy (non-hydrogen) atoms. The number of H-pyrrole nitrogens is 1. The van der Waals surface area contributed by atoms with Crippen LogP contribution in [0.25, 0.3) is 11.3 Å². The van der Waals surface area contributed by atoms with E-state index in [0.29, 0.717) is 18.8 Å². The zero-order valence-electron chi connectivity index (χ0n) is 15.3. The zero-order valence-corrected chi connectivity index (χ0v) is 16.1. The number of hydrogen-bond acceptors (Lipinski definition) is 5. The maximum absolute atomic E-state index is 12.8. The topological polar surface area (TPSA) is 67.4 Å². The Bertz CT molecular complexity index is 932. The molecule has 0 saturated carbocycles. The van der Waals surface area contributed by atoms with Crippen LogP contribution in [0.5, 0.6) is 5.75 Å². The van der Waals surface area contributed by atoms with Gasteiger partial charge in [0.15, 0.2) is 5.82 Å². The molecule has 1 atom stereocenters. The van der Waals surface area contributed by atoms with Crippen molar-refractivity contribution in [1.82, 2.24) is 10.2 Å². The molecule has 2 aromatic heterocycles. The van der Waals surface area contributed by atoms with Crippen molar-refractivity contribution in [3.8, 4) is 17.0 Å². The lowest BCUT2D eigenvalue weighted by Gasteiger charge is -2.24. The van der Waals surface area contributed by atoms with E-state index in [1.54, 1.807) is 30.4 Å². The Labute approximate surface area is 161 Å². The number of amides is 1. The van der Waals surface area contributed by atoms with Crippen LogP contribution in [0.1, 0.15) is 23.0 Å². The summed E-state index contributed by atoms with van der Waals surface area (Å²) < 4.78 is 11.0. The summed E-state index contributed by atoms with van der Waals surface area (Å²) in [6.45, 7) is 0.662. The van der Waals surface area contributed by atoms with Gasteiger partial charge < -0.3 is 9.47 Å². The zero-order chi connectivity index (χ0) is 18.8. The first kappa shape index (κ1) is 17.8. The molecule has 0 aliphatic carbocycles. The van der Waals surface area contributed by atoms with Crippen molar-refractivity contribution in [2.75, 3.05) is 25.7 Å². The molecule has 1 aromatic carbocycles. The van der Waals surface area contributed by atoms with Crippen molar-refractivity contribution < 1.29 is 14.3 Å². The van der Waals surface area contributed by atoms with E-state index in [4.69, 9.17) is 9.47 Å². The molecule has 1 amide bonds. The highest BCUT2D eigenvalue weighted by Crippen LogP contribution is 2.34. The predicted octanol–water partition coefficient (Wildman–Crippen LogP) is 3.81. The minimum Gasteiger partial charge on any atom is -0.497 e. The second-order valence-corrected chi connectivity index (χ2v) is 7.39. The fourth-order valence-electron chi connectivity index (χ4n) is 3.20. The number of hydrogen-bond donors (Lipinski definition) is 1. The Hall–Kier alpha value is -2.64. The van der Waals surface area contributed by atoms with Crippen molar-refractivity contribution in [2.45, 2.75) is 18.9 Å². The summed E-state index contributed by atoms with van der Waals surface area (Å²) in [6.07, 6.45) is 1.07. The fourth-order valence-corrected chi connectivity index (χ4v) is 4.20. The molecule has 1 aliphatic heterocycles. The molecular weight excluding hydrogens is 362 g/mol. The number of aromatic amines is 1. The predicted molar refractivity (Wildman–Crippen MR) is 105 cm³/mol. The Morgan fingerprint density at radius 2 is 2.19 bits per heavy atom. The van der Waals surface area contributed by atoms with Gasteiger partial charge in [0.1, 0.15) is 11.9 Å². The fraction of sp³-hybridized carbons (Fsp3) is 0.300. The first-order chi connectivity index (χ1) is 13.2. The highest BCUT2D eigenvalue weighted by Gasteiger charge is 2.27. The van der Waals surface area contributed by atoms with Crippen molar-refractivity contribution in [3.05, 3.63) is 52.2 Å². The molecule has 0 saturated heterocycles. The maximum atomic E-state index is 12.8. The Balaban J connectivity index is 1.46. The Morgan fingerprint density at radius 1 is 1.37 bits per heavy atom. The van der Waals surface area contributed by atoms with Crippen molar-refractivity contribution in [3.63, 3.8) is 0 Å². The molecule has 3 aromatic rings. The van der Waals surface area contributed by atoms with Gasteiger partial charge in [0.05, 0.1) is 25.8 Å². The van der Waals surface area contributed by atoms with Gasteiger partial charge in [-0.15, -0.1) is 11.3 Å². The number of carbonyl (C=O) groups is 1. The van der Waals surface area contributed by atoms with Gasteiger partial charge in [-0.25, -0.2) is 0 Å². The number of thiophene rings is 1. The Kier molecular flexibility index (Phi) is 4.96. The lowest BCUT2D eigenvalue weighted by Crippen LogP contribution is -2.29. The van der Waals surface area contributed by atoms with Crippen LogP contribution in [0.4, 0.5) is 5.82 Å². The van der Waals surface area contributed by atoms with E-state index in [1.165, 1.54) is 10.4 Å². The van der Waals surface area contributed by atoms with Crippen LogP contribution in [-0.4, -0.2) is 36.9 Å². The van der Waals surface area contributed by atoms with Gasteiger partial charge in [0, 0.05) is 18.0 Å². The quantitative estimate of drug-likeness (QED) is 0.727. The van der Waals surface area contributed by atoms with E-state index in [-0.39, 0.29) is 12.0 Å². The SMILES string of the molecule is COc1ccc(-c2cc(N(C)C(=O)CC3OCCc4ccsc43)n[nH]2)cc1. The van der Waals surface area contributed by atoms with Crippen LogP contribution in [0.15, 0.2) is 41.8 Å². The lowest BCUT2D eigenvalue weighted by atomic mass is 10.1. The van der Waals surface area contributed by atoms with E-state index >= 15 is 0 Å². The number of fused-ring (bicyclic) bond motifs is 1. The highest BCUT2D eigenvalue weighted by molar-refractivity contribution is 7.10. The van der Waals surface area contributed by atoms with Crippen LogP contribution in [0.3, 0.4) is 0 Å². The standard InChI is InChI=1S/C20H21N3O3S/c1-23(19(24)12-17-20-14(7-9-26-17)8-10-27-20)18-11-16(21-22-18)13-3-5-15(25-2)6-4-13/h3-6,8,10-11,17H,7,9,12H2,1-2H3,(H,21,22). The van der Waals surface area contributed by atoms with E-state index in [2.05, 4.69) is 21.6 Å². The average Bonchev–Trinajstić information content (AvgIpc) is 3.37. The number of methoxy groups -OCH3 is 1. The van der Waals surface area contributed by atoms with Crippen LogP contribution in [0.2, 0.25) is 0 Å². The summed E-state index contributed by atoms with van der Waals surface area (Å²) >= 11 is 1.66. The number of anilines is 1. The molecule has 7 heteroatoms. The number of ether oxygens (including phenoxy) is 2. The number of benzene rings is 1. The van der Waals surface area contributed by atoms with Crippen LogP contribution in [0, 0.1) is 0 Å². The molecule has 140 valence electrons. The van der Waals surface area contributed by atoms with E-state index in [9.17, 15) is 4.79 Å². The summed E-state index contributed by atoms with van der Waals surface area (Å²) in [5.74, 6) is 1.37. The second-order valence-electron chi connectivity index (χ2n) is 6.44. The lowest BCUT2D eigenvalue weighted by molar-refractivity contribution is -0.121. The molecule has 6 nitrogen and oxygen atoms in total. The van der Waals surface area contributed by atoms with E-state index in [0.717, 1.165) is 23.4 Å². The average molecular weight is 383 g/mol. The summed E-state index contributed by atoms with van der Waals surface area (Å²) in [4.78, 5) is 15.5. The van der Waals surface area contributed by atoms with Gasteiger partial charge >= 0.3 is 0 Å². The van der Waals surface area contributed by atoms with E-state index in [1.807, 2.05) is 30.3 Å². The number of aromatic nitrogens is 2. The Morgan fingerprint density at radius 3 is 2.96 bits per heavy atom. The van der Waals surface area contributed by atoms with Gasteiger partial charge in [-0.3, -0.25) is 14.8 Å². The van der Waals surface area contributed by atoms with Crippen LogP contribution in [-0.2, 0) is 16.0 Å². The van der Waals surface area contributed by atoms with Crippen LogP contribution >= 0.6 is 11.3 Å². The molecule has 0 radical (unpaired) electrons. The molecule has 0 bridgehead atoms. The first-order valence-corrected chi connectivity index (χ1v) is 9.68. The second kappa shape index (κ2) is 7.54. The smallest absolute Gasteiger partial charge is 0.230 e. The van der Waals surface area contributed by atoms with Gasteiger partial charge in [0.2, 0.25) is 5.91 Å². The molecule has 1 N–H and O–H groups in total. The molecule has 1 unspecified atom stereocenters. The molecular formula is C20H21N3O3S. The maximum Gasteiger partial charge on any atom is 0.230 e. The normalized spacial score (nSPS) is 16.0. The summed E-state index contributed by atoms with van der Waals surface area (Å²) in [5.41, 5.74) is 3.13. The van der Waals surface area contributed by atoms with Crippen molar-refractivity contribution in [2.24, 2.45) is 0 Å². The third kappa shape index (κ3) is 3.61. The molecule has 0 fully saturated rings. The number of rotatable bonds is 5. The first-order valence-electron chi connectivity index (χ1n) is 8.80. The van der Waals surface area contributed by atoms with Crippen molar-refractivity contribution >= 4 is 23.1 Å². The molecule has 1 aliphatic rings. The number of nitrogens with one attached hydrogen (secondary N) is 1. The largest absolute Gasteiger partial charge is 0.497 e. The monoisotopic (exact) mass is 383 g/mol. The van der Waals surface area contributed by atoms with Gasteiger partial charge in [-0.1, -0.05) is 0 Å². The van der Waals surface area contributed by atoms with Crippen LogP contribution < -0.4 is 9.64 Å². The minimum absolute atomic E-state index is 0.0194. The minimum atomic E-state index is -0.163. The highest BCUT2D eigenvalue weighted by atomic mass is 32.1. The van der Waals surface area contributed by atoms with Gasteiger partial charge in [-0.2, -0.15) is 5.10 Å². The van der Waals surface area contributed by atoms with Gasteiger partial charge in [0.25, 0.3) is 0 Å². The summed E-state index contributed by atoms with van der Waals surface area (Å²) in [6, 6.07) is 11.7. The number of nitrogens with zero attached hydrogens (tertiary/aromatic N) is 2. The third-order valence-electron chi connectivity index (χ3n) is 4.81. The molecule has 3 heterocycles. The molecule has 0 spiro atoms.